The fourth-order valence-corrected chi connectivity index (χ4v) is 4.51. The molecule has 0 spiro atoms. The highest BCUT2D eigenvalue weighted by Crippen LogP contribution is 2.42. The van der Waals surface area contributed by atoms with E-state index in [-0.39, 0.29) is 30.6 Å². The fourth-order valence-electron chi connectivity index (χ4n) is 4.51. The van der Waals surface area contributed by atoms with Crippen molar-refractivity contribution in [2.45, 2.75) is 46.8 Å². The number of hydrogen-bond acceptors (Lipinski definition) is 5. The molecule has 3 aromatic rings. The minimum atomic E-state index is -0.742. The van der Waals surface area contributed by atoms with Crippen molar-refractivity contribution in [3.05, 3.63) is 70.9 Å². The second-order valence-corrected chi connectivity index (χ2v) is 9.89. The van der Waals surface area contributed by atoms with E-state index >= 15 is 0 Å². The van der Waals surface area contributed by atoms with E-state index in [2.05, 4.69) is 18.8 Å². The van der Waals surface area contributed by atoms with Gasteiger partial charge in [0.15, 0.2) is 0 Å². The zero-order chi connectivity index (χ0) is 26.0. The number of carbonyl (C=O) groups excluding carboxylic acids is 2. The first-order valence-corrected chi connectivity index (χ1v) is 12.4. The quantitative estimate of drug-likeness (QED) is 0.239. The van der Waals surface area contributed by atoms with Crippen LogP contribution in [0.3, 0.4) is 0 Å². The summed E-state index contributed by atoms with van der Waals surface area (Å²) in [7, 11) is 0. The number of likely N-dealkylation sites (tertiary alicyclic amines) is 1. The Bertz CT molecular complexity index is 1300. The second kappa shape index (κ2) is 10.6. The van der Waals surface area contributed by atoms with Crippen LogP contribution in [0.2, 0.25) is 0 Å². The first kappa shape index (κ1) is 25.5. The molecule has 0 saturated carbocycles. The SMILES string of the molecule is Cc1cc(/C(O)=C2\C(=O)C(=O)N(CCOC(C)C)C2c2c[nH]c3ccccc23)ccc1OCC(C)C. The number of hydrogen-bond donors (Lipinski definition) is 2. The maximum Gasteiger partial charge on any atom is 0.295 e. The number of H-pyrrole nitrogens is 1. The van der Waals surface area contributed by atoms with E-state index in [0.717, 1.165) is 27.8 Å². The molecule has 2 aromatic carbocycles. The van der Waals surface area contributed by atoms with Crippen molar-refractivity contribution in [2.75, 3.05) is 19.8 Å². The van der Waals surface area contributed by atoms with Crippen LogP contribution in [-0.2, 0) is 14.3 Å². The molecule has 0 bridgehead atoms. The number of Topliss-reactive ketones (excluding diaryl/α,β-unsaturated/α-hetero) is 1. The lowest BCUT2D eigenvalue weighted by Gasteiger charge is -2.25. The van der Waals surface area contributed by atoms with Crippen molar-refractivity contribution in [2.24, 2.45) is 5.92 Å². The van der Waals surface area contributed by atoms with Crippen molar-refractivity contribution in [1.82, 2.24) is 9.88 Å². The molecule has 1 aliphatic rings. The smallest absolute Gasteiger partial charge is 0.295 e. The Hall–Kier alpha value is -3.58. The van der Waals surface area contributed by atoms with Gasteiger partial charge in [0.2, 0.25) is 0 Å². The van der Waals surface area contributed by atoms with Gasteiger partial charge < -0.3 is 24.5 Å². The van der Waals surface area contributed by atoms with Crippen LogP contribution in [0, 0.1) is 12.8 Å². The Labute approximate surface area is 211 Å². The Balaban J connectivity index is 1.79. The van der Waals surface area contributed by atoms with Crippen LogP contribution in [0.5, 0.6) is 5.75 Å². The lowest BCUT2D eigenvalue weighted by Crippen LogP contribution is -2.33. The minimum Gasteiger partial charge on any atom is -0.507 e. The van der Waals surface area contributed by atoms with Crippen LogP contribution < -0.4 is 4.74 Å². The minimum absolute atomic E-state index is 0.00670. The first-order valence-electron chi connectivity index (χ1n) is 12.4. The monoisotopic (exact) mass is 490 g/mol. The topological polar surface area (TPSA) is 91.9 Å². The molecule has 1 amide bonds. The molecule has 190 valence electrons. The van der Waals surface area contributed by atoms with Gasteiger partial charge in [0, 0.05) is 34.8 Å². The van der Waals surface area contributed by atoms with Crippen LogP contribution in [0.4, 0.5) is 0 Å². The molecule has 1 atom stereocenters. The Morgan fingerprint density at radius 3 is 2.56 bits per heavy atom. The van der Waals surface area contributed by atoms with E-state index in [9.17, 15) is 14.7 Å². The van der Waals surface area contributed by atoms with Gasteiger partial charge in [0.05, 0.1) is 30.9 Å². The zero-order valence-corrected chi connectivity index (χ0v) is 21.5. The van der Waals surface area contributed by atoms with Gasteiger partial charge in [-0.2, -0.15) is 0 Å². The third-order valence-corrected chi connectivity index (χ3v) is 6.26. The summed E-state index contributed by atoms with van der Waals surface area (Å²) in [6.07, 6.45) is 1.80. The molecule has 2 N–H and O–H groups in total. The molecule has 36 heavy (non-hydrogen) atoms. The van der Waals surface area contributed by atoms with E-state index < -0.39 is 17.7 Å². The van der Waals surface area contributed by atoms with Crippen molar-refractivity contribution in [3.8, 4) is 5.75 Å². The summed E-state index contributed by atoms with van der Waals surface area (Å²) in [5.74, 6) is -0.448. The highest BCUT2D eigenvalue weighted by Gasteiger charge is 2.46. The van der Waals surface area contributed by atoms with Gasteiger partial charge in [-0.05, 0) is 56.5 Å². The van der Waals surface area contributed by atoms with Crippen LogP contribution in [0.25, 0.3) is 16.7 Å². The fraction of sp³-hybridized carbons (Fsp3) is 0.379. The first-order chi connectivity index (χ1) is 17.2. The number of rotatable bonds is 9. The molecular weight excluding hydrogens is 456 g/mol. The van der Waals surface area contributed by atoms with E-state index in [1.165, 1.54) is 4.90 Å². The summed E-state index contributed by atoms with van der Waals surface area (Å²) >= 11 is 0. The Morgan fingerprint density at radius 1 is 1.11 bits per heavy atom. The number of amides is 1. The number of aromatic nitrogens is 1. The predicted octanol–water partition coefficient (Wildman–Crippen LogP) is 5.36. The van der Waals surface area contributed by atoms with Gasteiger partial charge in [0.1, 0.15) is 11.5 Å². The number of ketones is 1. The number of ether oxygens (including phenoxy) is 2. The van der Waals surface area contributed by atoms with Crippen LogP contribution >= 0.6 is 0 Å². The summed E-state index contributed by atoms with van der Waals surface area (Å²) in [5.41, 5.74) is 3.02. The summed E-state index contributed by atoms with van der Waals surface area (Å²) in [6.45, 7) is 11.0. The largest absolute Gasteiger partial charge is 0.507 e. The number of aromatic amines is 1. The second-order valence-electron chi connectivity index (χ2n) is 9.89. The summed E-state index contributed by atoms with van der Waals surface area (Å²) in [5, 5.41) is 12.3. The maximum atomic E-state index is 13.3. The number of nitrogens with one attached hydrogen (secondary N) is 1. The average molecular weight is 491 g/mol. The van der Waals surface area contributed by atoms with Crippen molar-refractivity contribution in [1.29, 1.82) is 0 Å². The molecule has 4 rings (SSSR count). The molecule has 1 aromatic heterocycles. The molecule has 1 aliphatic heterocycles. The lowest BCUT2D eigenvalue weighted by molar-refractivity contribution is -0.140. The summed E-state index contributed by atoms with van der Waals surface area (Å²) < 4.78 is 11.5. The van der Waals surface area contributed by atoms with Gasteiger partial charge in [-0.1, -0.05) is 32.0 Å². The highest BCUT2D eigenvalue weighted by molar-refractivity contribution is 6.46. The van der Waals surface area contributed by atoms with Gasteiger partial charge in [-0.15, -0.1) is 0 Å². The third-order valence-electron chi connectivity index (χ3n) is 6.26. The lowest BCUT2D eigenvalue weighted by atomic mass is 9.94. The molecule has 0 aliphatic carbocycles. The van der Waals surface area contributed by atoms with Crippen molar-refractivity contribution >= 4 is 28.4 Å². The standard InChI is InChI=1S/C29H34N2O5/c1-17(2)16-36-24-11-10-20(14-19(24)5)27(32)25-26(22-15-30-23-9-7-6-8-21(22)23)31(29(34)28(25)33)12-13-35-18(3)4/h6-11,14-15,17-18,26,30,32H,12-13,16H2,1-5H3/b27-25+. The Morgan fingerprint density at radius 2 is 1.86 bits per heavy atom. The molecule has 2 heterocycles. The molecule has 1 fully saturated rings. The van der Waals surface area contributed by atoms with E-state index in [0.29, 0.717) is 18.1 Å². The number of fused-ring (bicyclic) bond motifs is 1. The zero-order valence-electron chi connectivity index (χ0n) is 21.5. The van der Waals surface area contributed by atoms with Crippen molar-refractivity contribution < 1.29 is 24.2 Å². The summed E-state index contributed by atoms with van der Waals surface area (Å²) in [4.78, 5) is 31.2. The normalized spacial score (nSPS) is 17.6. The maximum absolute atomic E-state index is 13.3. The molecule has 7 nitrogen and oxygen atoms in total. The van der Waals surface area contributed by atoms with E-state index in [1.54, 1.807) is 24.4 Å². The van der Waals surface area contributed by atoms with Crippen molar-refractivity contribution in [3.63, 3.8) is 0 Å². The van der Waals surface area contributed by atoms with Gasteiger partial charge >= 0.3 is 0 Å². The van der Waals surface area contributed by atoms with Gasteiger partial charge in [-0.25, -0.2) is 0 Å². The average Bonchev–Trinajstić information content (AvgIpc) is 3.36. The molecule has 7 heteroatoms. The predicted molar refractivity (Wildman–Crippen MR) is 140 cm³/mol. The van der Waals surface area contributed by atoms with E-state index in [1.807, 2.05) is 45.0 Å². The molecule has 1 saturated heterocycles. The number of carbonyl (C=O) groups is 2. The highest BCUT2D eigenvalue weighted by atomic mass is 16.5. The molecule has 0 radical (unpaired) electrons. The third kappa shape index (κ3) is 5.02. The molecular formula is C29H34N2O5. The van der Waals surface area contributed by atoms with E-state index in [4.69, 9.17) is 9.47 Å². The number of benzene rings is 2. The number of nitrogens with zero attached hydrogens (tertiary/aromatic N) is 1. The number of aliphatic hydroxyl groups is 1. The van der Waals surface area contributed by atoms with Crippen LogP contribution in [-0.4, -0.2) is 52.5 Å². The number of aryl methyl sites for hydroxylation is 1. The van der Waals surface area contributed by atoms with Gasteiger partial charge in [-0.3, -0.25) is 9.59 Å². The summed E-state index contributed by atoms with van der Waals surface area (Å²) in [6, 6.07) is 12.3. The van der Waals surface area contributed by atoms with Crippen LogP contribution in [0.15, 0.2) is 54.2 Å². The number of para-hydroxylation sites is 1. The van der Waals surface area contributed by atoms with Gasteiger partial charge in [0.25, 0.3) is 11.7 Å². The van der Waals surface area contributed by atoms with Crippen LogP contribution in [0.1, 0.15) is 50.4 Å². The molecule has 1 unspecified atom stereocenters. The number of aliphatic hydroxyl groups excluding tert-OH is 1. The Kier molecular flexibility index (Phi) is 7.50.